The third-order valence-corrected chi connectivity index (χ3v) is 5.30. The first-order valence-corrected chi connectivity index (χ1v) is 9.78. The van der Waals surface area contributed by atoms with Crippen LogP contribution in [0.15, 0.2) is 36.7 Å². The monoisotopic (exact) mass is 390 g/mol. The number of halogens is 1. The molecule has 1 aliphatic heterocycles. The lowest BCUT2D eigenvalue weighted by Crippen LogP contribution is -2.21. The van der Waals surface area contributed by atoms with E-state index in [2.05, 4.69) is 35.9 Å². The Balaban J connectivity index is 1.64. The summed E-state index contributed by atoms with van der Waals surface area (Å²) >= 11 is 0. The van der Waals surface area contributed by atoms with Crippen molar-refractivity contribution in [3.8, 4) is 11.8 Å². The van der Waals surface area contributed by atoms with Gasteiger partial charge in [0.15, 0.2) is 0 Å². The third-order valence-electron chi connectivity index (χ3n) is 5.30. The van der Waals surface area contributed by atoms with Gasteiger partial charge in [0.05, 0.1) is 17.1 Å². The highest BCUT2D eigenvalue weighted by atomic mass is 19.1. The highest BCUT2D eigenvalue weighted by molar-refractivity contribution is 5.52. The van der Waals surface area contributed by atoms with Crippen molar-refractivity contribution in [3.63, 3.8) is 0 Å². The highest BCUT2D eigenvalue weighted by Gasteiger charge is 2.31. The van der Waals surface area contributed by atoms with Crippen LogP contribution in [0.3, 0.4) is 0 Å². The second-order valence-electron chi connectivity index (χ2n) is 7.95. The van der Waals surface area contributed by atoms with Crippen LogP contribution in [-0.4, -0.2) is 24.9 Å². The number of hydrogen-bond acceptors (Lipinski definition) is 5. The number of nitrogens with zero attached hydrogens (tertiary/aromatic N) is 6. The summed E-state index contributed by atoms with van der Waals surface area (Å²) in [6, 6.07) is 9.33. The Morgan fingerprint density at radius 3 is 2.83 bits per heavy atom. The molecule has 0 fully saturated rings. The van der Waals surface area contributed by atoms with Gasteiger partial charge in [-0.3, -0.25) is 4.90 Å². The molecule has 29 heavy (non-hydrogen) atoms. The number of hydrogen-bond donors (Lipinski definition) is 0. The Bertz CT molecular complexity index is 1070. The van der Waals surface area contributed by atoms with Gasteiger partial charge in [-0.25, -0.2) is 9.07 Å². The summed E-state index contributed by atoms with van der Waals surface area (Å²) < 4.78 is 16.2. The van der Waals surface area contributed by atoms with Crippen molar-refractivity contribution in [1.29, 1.82) is 5.26 Å². The maximum Gasteiger partial charge on any atom is 0.143 e. The number of nitriles is 1. The molecular weight excluding hydrogens is 367 g/mol. The Labute approximate surface area is 169 Å². The average Bonchev–Trinajstić information content (AvgIpc) is 3.21. The number of aromatic nitrogens is 4. The molecular formula is C22H23FN6. The summed E-state index contributed by atoms with van der Waals surface area (Å²) in [4.78, 5) is 2.27. The number of rotatable bonds is 5. The van der Waals surface area contributed by atoms with Gasteiger partial charge in [-0.1, -0.05) is 13.8 Å². The summed E-state index contributed by atoms with van der Waals surface area (Å²) in [7, 11) is 0. The molecule has 7 heteroatoms. The van der Waals surface area contributed by atoms with Gasteiger partial charge in [0.2, 0.25) is 0 Å². The van der Waals surface area contributed by atoms with Crippen molar-refractivity contribution in [2.24, 2.45) is 5.92 Å². The standard InChI is InChI=1S/C22H23FN6/c1-14(2)7-16-8-20(23)18(10-24)22(9-16)29-12-19-15(3)28(13-21(19)27-29)11-17-5-4-6-25-26-17/h4-6,8-9,12,14-15H,7,11,13H2,1-3H3. The zero-order valence-electron chi connectivity index (χ0n) is 16.8. The van der Waals surface area contributed by atoms with Crippen LogP contribution in [0.25, 0.3) is 5.69 Å². The van der Waals surface area contributed by atoms with E-state index in [1.807, 2.05) is 30.5 Å². The van der Waals surface area contributed by atoms with E-state index in [0.29, 0.717) is 24.7 Å². The van der Waals surface area contributed by atoms with Crippen LogP contribution < -0.4 is 0 Å². The smallest absolute Gasteiger partial charge is 0.143 e. The normalized spacial score (nSPS) is 16.2. The van der Waals surface area contributed by atoms with Gasteiger partial charge < -0.3 is 0 Å². The lowest BCUT2D eigenvalue weighted by Gasteiger charge is -2.21. The predicted molar refractivity (Wildman–Crippen MR) is 106 cm³/mol. The molecule has 0 aliphatic carbocycles. The molecule has 6 nitrogen and oxygen atoms in total. The zero-order valence-corrected chi connectivity index (χ0v) is 16.8. The van der Waals surface area contributed by atoms with Gasteiger partial charge in [-0.15, -0.1) is 0 Å². The summed E-state index contributed by atoms with van der Waals surface area (Å²) in [5.74, 6) is -0.0962. The largest absolute Gasteiger partial charge is 0.285 e. The summed E-state index contributed by atoms with van der Waals surface area (Å²) in [5, 5.41) is 22.3. The van der Waals surface area contributed by atoms with E-state index < -0.39 is 5.82 Å². The van der Waals surface area contributed by atoms with Crippen LogP contribution in [0.2, 0.25) is 0 Å². The lowest BCUT2D eigenvalue weighted by molar-refractivity contribution is 0.213. The van der Waals surface area contributed by atoms with Crippen molar-refractivity contribution in [3.05, 3.63) is 70.6 Å². The molecule has 0 saturated heterocycles. The molecule has 0 spiro atoms. The molecule has 148 valence electrons. The Morgan fingerprint density at radius 2 is 2.17 bits per heavy atom. The van der Waals surface area contributed by atoms with Crippen molar-refractivity contribution < 1.29 is 4.39 Å². The van der Waals surface area contributed by atoms with Crippen LogP contribution in [-0.2, 0) is 19.5 Å². The van der Waals surface area contributed by atoms with E-state index in [1.165, 1.54) is 6.07 Å². The second kappa shape index (κ2) is 7.72. The maximum absolute atomic E-state index is 14.5. The molecule has 1 unspecified atom stereocenters. The fourth-order valence-corrected chi connectivity index (χ4v) is 3.89. The molecule has 0 bridgehead atoms. The maximum atomic E-state index is 14.5. The minimum Gasteiger partial charge on any atom is -0.285 e. The molecule has 1 aliphatic rings. The van der Waals surface area contributed by atoms with E-state index in [0.717, 1.165) is 28.9 Å². The molecule has 0 saturated carbocycles. The molecule has 1 atom stereocenters. The molecule has 2 aromatic heterocycles. The lowest BCUT2D eigenvalue weighted by atomic mass is 10.00. The average molecular weight is 390 g/mol. The minimum atomic E-state index is -0.492. The molecule has 3 aromatic rings. The van der Waals surface area contributed by atoms with E-state index in [-0.39, 0.29) is 11.6 Å². The topological polar surface area (TPSA) is 70.6 Å². The molecule has 0 N–H and O–H groups in total. The van der Waals surface area contributed by atoms with Crippen LogP contribution >= 0.6 is 0 Å². The summed E-state index contributed by atoms with van der Waals surface area (Å²) in [6.07, 6.45) is 4.33. The molecule has 0 amide bonds. The van der Waals surface area contributed by atoms with Gasteiger partial charge in [0.25, 0.3) is 0 Å². The van der Waals surface area contributed by atoms with Crippen LogP contribution in [0, 0.1) is 23.1 Å². The first-order chi connectivity index (χ1) is 14.0. The van der Waals surface area contributed by atoms with Gasteiger partial charge in [0.1, 0.15) is 17.4 Å². The Morgan fingerprint density at radius 1 is 1.34 bits per heavy atom. The van der Waals surface area contributed by atoms with Crippen molar-refractivity contribution >= 4 is 0 Å². The van der Waals surface area contributed by atoms with Crippen LogP contribution in [0.4, 0.5) is 4.39 Å². The van der Waals surface area contributed by atoms with Crippen LogP contribution in [0.1, 0.15) is 54.9 Å². The van der Waals surface area contributed by atoms with Gasteiger partial charge in [0, 0.05) is 37.1 Å². The SMILES string of the molecule is CC(C)Cc1cc(F)c(C#N)c(-n2cc3c(n2)CN(Cc2cccnn2)C3C)c1. The van der Waals surface area contributed by atoms with Gasteiger partial charge in [-0.2, -0.15) is 20.6 Å². The summed E-state index contributed by atoms with van der Waals surface area (Å²) in [6.45, 7) is 7.66. The molecule has 3 heterocycles. The van der Waals surface area contributed by atoms with E-state index >= 15 is 0 Å². The minimum absolute atomic E-state index is 0.0303. The molecule has 0 radical (unpaired) electrons. The quantitative estimate of drug-likeness (QED) is 0.660. The van der Waals surface area contributed by atoms with Gasteiger partial charge >= 0.3 is 0 Å². The molecule has 4 rings (SSSR count). The zero-order chi connectivity index (χ0) is 20.5. The fraction of sp³-hybridized carbons (Fsp3) is 0.364. The van der Waals surface area contributed by atoms with Crippen LogP contribution in [0.5, 0.6) is 0 Å². The van der Waals surface area contributed by atoms with Crippen molar-refractivity contribution in [2.75, 3.05) is 0 Å². The third kappa shape index (κ3) is 3.76. The predicted octanol–water partition coefficient (Wildman–Crippen LogP) is 3.95. The first kappa shape index (κ1) is 19.2. The summed E-state index contributed by atoms with van der Waals surface area (Å²) in [5.41, 5.74) is 4.35. The van der Waals surface area contributed by atoms with E-state index in [9.17, 15) is 9.65 Å². The molecule has 1 aromatic carbocycles. The van der Waals surface area contributed by atoms with Crippen molar-refractivity contribution in [1.82, 2.24) is 24.9 Å². The first-order valence-electron chi connectivity index (χ1n) is 9.78. The van der Waals surface area contributed by atoms with E-state index in [4.69, 9.17) is 5.10 Å². The van der Waals surface area contributed by atoms with E-state index in [1.54, 1.807) is 10.9 Å². The number of benzene rings is 1. The number of fused-ring (bicyclic) bond motifs is 1. The Kier molecular flexibility index (Phi) is 5.12. The van der Waals surface area contributed by atoms with Gasteiger partial charge in [-0.05, 0) is 49.1 Å². The highest BCUT2D eigenvalue weighted by Crippen LogP contribution is 2.34. The van der Waals surface area contributed by atoms with Crippen molar-refractivity contribution in [2.45, 2.75) is 46.3 Å². The Hall–Kier alpha value is -3.11. The second-order valence-corrected chi connectivity index (χ2v) is 7.95. The fourth-order valence-electron chi connectivity index (χ4n) is 3.89.